The van der Waals surface area contributed by atoms with Gasteiger partial charge in [0.15, 0.2) is 0 Å². The first-order chi connectivity index (χ1) is 10.3. The molecule has 2 radical (unpaired) electrons. The van der Waals surface area contributed by atoms with E-state index in [1.165, 1.54) is 33.0 Å². The lowest BCUT2D eigenvalue weighted by atomic mass is 10.1. The van der Waals surface area contributed by atoms with E-state index in [0.29, 0.717) is 11.3 Å². The van der Waals surface area contributed by atoms with E-state index >= 15 is 0 Å². The molecule has 4 nitrogen and oxygen atoms in total. The highest BCUT2D eigenvalue weighted by Crippen LogP contribution is 2.18. The van der Waals surface area contributed by atoms with Gasteiger partial charge in [-0.1, -0.05) is 57.6 Å². The highest BCUT2D eigenvalue weighted by atomic mass is 17.2. The summed E-state index contributed by atoms with van der Waals surface area (Å²) in [6.45, 7) is 5.34. The van der Waals surface area contributed by atoms with Crippen molar-refractivity contribution < 1.29 is 19.3 Å². The molecule has 1 aromatic carbocycles. The zero-order chi connectivity index (χ0) is 15.3. The van der Waals surface area contributed by atoms with Gasteiger partial charge in [-0.3, -0.25) is 4.89 Å². The molecule has 0 unspecified atom stereocenters. The lowest BCUT2D eigenvalue weighted by Crippen LogP contribution is -2.06. The molecule has 0 amide bonds. The third kappa shape index (κ3) is 7.14. The van der Waals surface area contributed by atoms with Crippen molar-refractivity contribution in [3.8, 4) is 5.75 Å². The van der Waals surface area contributed by atoms with Gasteiger partial charge in [0.1, 0.15) is 17.9 Å². The van der Waals surface area contributed by atoms with Gasteiger partial charge in [0.25, 0.3) is 0 Å². The number of unbranched alkanes of at least 4 members (excludes halogenated alkanes) is 6. The van der Waals surface area contributed by atoms with Gasteiger partial charge in [-0.05, 0) is 18.6 Å². The number of carbonyl (C=O) groups excluding carboxylic acids is 1. The Balaban J connectivity index is 2.11. The molecule has 0 spiro atoms. The minimum absolute atomic E-state index is 0.349. The standard InChI is InChI=1S/C17H24O4/c1-3-4-5-6-7-8-11-14-20-21-17(18)15-12-9-10-13-16(15)19-2/h9-10,12-14H,1,3-8,11H2,2H3. The van der Waals surface area contributed by atoms with Crippen molar-refractivity contribution in [2.45, 2.75) is 44.9 Å². The summed E-state index contributed by atoms with van der Waals surface area (Å²) >= 11 is 0. The van der Waals surface area contributed by atoms with Crippen LogP contribution >= 0.6 is 0 Å². The summed E-state index contributed by atoms with van der Waals surface area (Å²) in [7, 11) is 1.51. The molecule has 0 aliphatic carbocycles. The van der Waals surface area contributed by atoms with Crippen LogP contribution in [0.3, 0.4) is 0 Å². The fourth-order valence-electron chi connectivity index (χ4n) is 1.92. The van der Waals surface area contributed by atoms with Gasteiger partial charge < -0.3 is 4.74 Å². The second kappa shape index (κ2) is 11.1. The van der Waals surface area contributed by atoms with Gasteiger partial charge >= 0.3 is 5.97 Å². The summed E-state index contributed by atoms with van der Waals surface area (Å²) in [6, 6.07) is 6.87. The Kier molecular flexibility index (Phi) is 9.29. The Bertz CT molecular complexity index is 404. The van der Waals surface area contributed by atoms with Crippen LogP contribution in [0.2, 0.25) is 0 Å². The maximum atomic E-state index is 11.8. The maximum absolute atomic E-state index is 11.8. The first-order valence-electron chi connectivity index (χ1n) is 7.41. The summed E-state index contributed by atoms with van der Waals surface area (Å²) in [4.78, 5) is 21.3. The molecule has 0 saturated carbocycles. The third-order valence-electron chi connectivity index (χ3n) is 3.09. The van der Waals surface area contributed by atoms with Crippen LogP contribution in [0.1, 0.15) is 55.3 Å². The molecule has 0 aliphatic rings. The molecular weight excluding hydrogens is 268 g/mol. The van der Waals surface area contributed by atoms with Crippen molar-refractivity contribution in [3.05, 3.63) is 43.4 Å². The molecule has 0 atom stereocenters. The second-order valence-electron chi connectivity index (χ2n) is 4.74. The van der Waals surface area contributed by atoms with Gasteiger partial charge in [0.05, 0.1) is 7.11 Å². The first kappa shape index (κ1) is 17.5. The molecule has 0 bridgehead atoms. The molecule has 1 rings (SSSR count). The molecule has 0 aliphatic heterocycles. The van der Waals surface area contributed by atoms with E-state index in [1.807, 2.05) is 0 Å². The molecular formula is C17H24O4. The molecule has 1 aromatic rings. The molecule has 4 heteroatoms. The van der Waals surface area contributed by atoms with Crippen molar-refractivity contribution in [2.24, 2.45) is 0 Å². The van der Waals surface area contributed by atoms with Crippen LogP contribution in [-0.4, -0.2) is 13.1 Å². The topological polar surface area (TPSA) is 44.8 Å². The van der Waals surface area contributed by atoms with Crippen molar-refractivity contribution in [2.75, 3.05) is 7.11 Å². The van der Waals surface area contributed by atoms with E-state index in [1.54, 1.807) is 24.3 Å². The summed E-state index contributed by atoms with van der Waals surface area (Å²) in [6.07, 6.45) is 7.59. The van der Waals surface area contributed by atoms with Crippen molar-refractivity contribution in [3.63, 3.8) is 0 Å². The van der Waals surface area contributed by atoms with Crippen LogP contribution in [0.25, 0.3) is 0 Å². The number of carbonyl (C=O) groups is 1. The van der Waals surface area contributed by atoms with Gasteiger partial charge in [-0.25, -0.2) is 4.79 Å². The second-order valence-corrected chi connectivity index (χ2v) is 4.74. The predicted octanol–water partition coefficient (Wildman–Crippen LogP) is 4.51. The number of rotatable bonds is 11. The first-order valence-corrected chi connectivity index (χ1v) is 7.41. The van der Waals surface area contributed by atoms with Crippen LogP contribution in [-0.2, 0) is 9.78 Å². The maximum Gasteiger partial charge on any atom is 0.376 e. The average Bonchev–Trinajstić information content (AvgIpc) is 2.53. The van der Waals surface area contributed by atoms with Crippen LogP contribution in [0, 0.1) is 13.5 Å². The summed E-state index contributed by atoms with van der Waals surface area (Å²) in [5.74, 6) is -0.0874. The largest absolute Gasteiger partial charge is 0.496 e. The molecule has 0 fully saturated rings. The Morgan fingerprint density at radius 1 is 1.14 bits per heavy atom. The van der Waals surface area contributed by atoms with Crippen molar-refractivity contribution in [1.29, 1.82) is 0 Å². The fourth-order valence-corrected chi connectivity index (χ4v) is 1.92. The van der Waals surface area contributed by atoms with E-state index in [9.17, 15) is 4.79 Å². The smallest absolute Gasteiger partial charge is 0.376 e. The van der Waals surface area contributed by atoms with Crippen molar-refractivity contribution in [1.82, 2.24) is 0 Å². The lowest BCUT2D eigenvalue weighted by Gasteiger charge is -2.07. The third-order valence-corrected chi connectivity index (χ3v) is 3.09. The van der Waals surface area contributed by atoms with Gasteiger partial charge in [-0.2, -0.15) is 4.89 Å². The molecule has 0 aromatic heterocycles. The molecule has 21 heavy (non-hydrogen) atoms. The SMILES string of the molecule is [CH2]CCCCCCC[CH]OOC(=O)c1ccccc1OC. The van der Waals surface area contributed by atoms with E-state index < -0.39 is 5.97 Å². The van der Waals surface area contributed by atoms with Gasteiger partial charge in [0, 0.05) is 0 Å². The predicted molar refractivity (Wildman–Crippen MR) is 81.5 cm³/mol. The Labute approximate surface area is 127 Å². The lowest BCUT2D eigenvalue weighted by molar-refractivity contribution is -0.213. The van der Waals surface area contributed by atoms with E-state index in [4.69, 9.17) is 14.5 Å². The summed E-state index contributed by atoms with van der Waals surface area (Å²) in [5, 5.41) is 0. The zero-order valence-corrected chi connectivity index (χ0v) is 12.7. The molecule has 0 saturated heterocycles. The number of methoxy groups -OCH3 is 1. The highest BCUT2D eigenvalue weighted by molar-refractivity contribution is 5.92. The van der Waals surface area contributed by atoms with Crippen LogP contribution in [0.4, 0.5) is 0 Å². The van der Waals surface area contributed by atoms with Crippen molar-refractivity contribution >= 4 is 5.97 Å². The monoisotopic (exact) mass is 292 g/mol. The highest BCUT2D eigenvalue weighted by Gasteiger charge is 2.13. The van der Waals surface area contributed by atoms with E-state index in [2.05, 4.69) is 6.92 Å². The Morgan fingerprint density at radius 2 is 1.86 bits per heavy atom. The quantitative estimate of drug-likeness (QED) is 0.342. The van der Waals surface area contributed by atoms with Crippen LogP contribution in [0.15, 0.2) is 24.3 Å². The number of hydrogen-bond acceptors (Lipinski definition) is 4. The van der Waals surface area contributed by atoms with Crippen LogP contribution in [0.5, 0.6) is 5.75 Å². The molecule has 0 heterocycles. The summed E-state index contributed by atoms with van der Waals surface area (Å²) in [5.41, 5.74) is 0.349. The van der Waals surface area contributed by atoms with Crippen LogP contribution < -0.4 is 4.74 Å². The van der Waals surface area contributed by atoms with E-state index in [-0.39, 0.29) is 0 Å². The summed E-state index contributed by atoms with van der Waals surface area (Å²) < 4.78 is 5.09. The Hall–Kier alpha value is -1.55. The minimum atomic E-state index is -0.556. The molecule has 0 N–H and O–H groups in total. The average molecular weight is 292 g/mol. The fraction of sp³-hybridized carbons (Fsp3) is 0.471. The van der Waals surface area contributed by atoms with Gasteiger partial charge in [0.2, 0.25) is 0 Å². The van der Waals surface area contributed by atoms with E-state index in [0.717, 1.165) is 25.7 Å². The number of para-hydroxylation sites is 1. The number of hydrogen-bond donors (Lipinski definition) is 0. The zero-order valence-electron chi connectivity index (χ0n) is 12.7. The molecule has 116 valence electrons. The number of benzene rings is 1. The number of ether oxygens (including phenoxy) is 1. The Morgan fingerprint density at radius 3 is 2.62 bits per heavy atom. The minimum Gasteiger partial charge on any atom is -0.496 e. The van der Waals surface area contributed by atoms with Gasteiger partial charge in [-0.15, -0.1) is 0 Å². The normalized spacial score (nSPS) is 10.4.